The molecule has 1 saturated heterocycles. The van der Waals surface area contributed by atoms with Gasteiger partial charge in [0.05, 0.1) is 6.04 Å². The monoisotopic (exact) mass is 302 g/mol. The molecule has 0 bridgehead atoms. The first-order valence-electron chi connectivity index (χ1n) is 7.61. The molecular weight excluding hydrogens is 276 g/mol. The summed E-state index contributed by atoms with van der Waals surface area (Å²) in [6, 6.07) is 10.4. The van der Waals surface area contributed by atoms with Crippen molar-refractivity contribution < 1.29 is 4.79 Å². The SMILES string of the molecule is CN(C)C(=NCC1CC(=O)N(C)C1c1ccccc1)N(C)C. The molecule has 1 fully saturated rings. The normalized spacial score (nSPS) is 21.0. The molecule has 0 spiro atoms. The summed E-state index contributed by atoms with van der Waals surface area (Å²) in [5.41, 5.74) is 1.19. The maximum absolute atomic E-state index is 12.1. The Kier molecular flexibility index (Phi) is 5.06. The third-order valence-electron chi connectivity index (χ3n) is 4.10. The zero-order valence-electron chi connectivity index (χ0n) is 14.2. The summed E-state index contributed by atoms with van der Waals surface area (Å²) in [7, 11) is 9.83. The molecule has 1 aromatic carbocycles. The third kappa shape index (κ3) is 3.40. The number of guanidine groups is 1. The first kappa shape index (κ1) is 16.3. The van der Waals surface area contributed by atoms with Crippen molar-refractivity contribution in [1.82, 2.24) is 14.7 Å². The molecule has 5 heteroatoms. The molecule has 5 nitrogen and oxygen atoms in total. The number of carbonyl (C=O) groups excluding carboxylic acids is 1. The van der Waals surface area contributed by atoms with Crippen LogP contribution in [0.2, 0.25) is 0 Å². The van der Waals surface area contributed by atoms with Crippen LogP contribution in [0.5, 0.6) is 0 Å². The van der Waals surface area contributed by atoms with Crippen molar-refractivity contribution in [3.63, 3.8) is 0 Å². The quantitative estimate of drug-likeness (QED) is 0.630. The lowest BCUT2D eigenvalue weighted by Crippen LogP contribution is -2.36. The van der Waals surface area contributed by atoms with E-state index in [1.165, 1.54) is 5.56 Å². The van der Waals surface area contributed by atoms with E-state index in [0.29, 0.717) is 13.0 Å². The Labute approximate surface area is 133 Å². The number of amides is 1. The van der Waals surface area contributed by atoms with Crippen LogP contribution < -0.4 is 0 Å². The minimum Gasteiger partial charge on any atom is -0.349 e. The Balaban J connectivity index is 2.22. The highest BCUT2D eigenvalue weighted by molar-refractivity contribution is 5.80. The van der Waals surface area contributed by atoms with Crippen LogP contribution in [-0.4, -0.2) is 68.3 Å². The van der Waals surface area contributed by atoms with Crippen molar-refractivity contribution in [3.8, 4) is 0 Å². The maximum atomic E-state index is 12.1. The summed E-state index contributed by atoms with van der Waals surface area (Å²) in [6.45, 7) is 0.654. The zero-order valence-corrected chi connectivity index (χ0v) is 14.2. The lowest BCUT2D eigenvalue weighted by molar-refractivity contribution is -0.127. The number of hydrogen-bond donors (Lipinski definition) is 0. The van der Waals surface area contributed by atoms with Crippen LogP contribution in [0.4, 0.5) is 0 Å². The molecule has 2 rings (SSSR count). The molecule has 1 aliphatic heterocycles. The average molecular weight is 302 g/mol. The molecule has 1 heterocycles. The largest absolute Gasteiger partial charge is 0.349 e. The van der Waals surface area contributed by atoms with Crippen LogP contribution >= 0.6 is 0 Å². The average Bonchev–Trinajstić information content (AvgIpc) is 2.74. The lowest BCUT2D eigenvalue weighted by atomic mass is 9.94. The number of carbonyl (C=O) groups is 1. The molecule has 0 aromatic heterocycles. The predicted octanol–water partition coefficient (Wildman–Crippen LogP) is 1.69. The summed E-state index contributed by atoms with van der Waals surface area (Å²) in [6.07, 6.45) is 0.563. The molecular formula is C17H26N4O. The standard InChI is InChI=1S/C17H26N4O/c1-19(2)17(20(3)4)18-12-14-11-15(22)21(5)16(14)13-9-7-6-8-10-13/h6-10,14,16H,11-12H2,1-5H3. The van der Waals surface area contributed by atoms with E-state index in [1.807, 2.05) is 68.1 Å². The molecule has 2 atom stereocenters. The molecule has 2 unspecified atom stereocenters. The van der Waals surface area contributed by atoms with Crippen LogP contribution in [0.1, 0.15) is 18.0 Å². The summed E-state index contributed by atoms with van der Waals surface area (Å²) in [5, 5.41) is 0. The van der Waals surface area contributed by atoms with Crippen LogP contribution in [0.25, 0.3) is 0 Å². The molecule has 0 radical (unpaired) electrons. The summed E-state index contributed by atoms with van der Waals surface area (Å²) < 4.78 is 0. The zero-order chi connectivity index (χ0) is 16.3. The molecule has 0 saturated carbocycles. The topological polar surface area (TPSA) is 39.2 Å². The molecule has 0 aliphatic carbocycles. The van der Waals surface area contributed by atoms with Gasteiger partial charge in [-0.05, 0) is 5.56 Å². The van der Waals surface area contributed by atoms with Crippen LogP contribution in [-0.2, 0) is 4.79 Å². The van der Waals surface area contributed by atoms with Gasteiger partial charge in [-0.1, -0.05) is 30.3 Å². The fraction of sp³-hybridized carbons (Fsp3) is 0.529. The van der Waals surface area contributed by atoms with Crippen molar-refractivity contribution in [3.05, 3.63) is 35.9 Å². The van der Waals surface area contributed by atoms with Gasteiger partial charge in [-0.2, -0.15) is 0 Å². The third-order valence-corrected chi connectivity index (χ3v) is 4.10. The van der Waals surface area contributed by atoms with Crippen molar-refractivity contribution in [2.75, 3.05) is 41.8 Å². The minimum atomic E-state index is 0.114. The number of aliphatic imine (C=N–C) groups is 1. The summed E-state index contributed by atoms with van der Waals surface area (Å²) in [5.74, 6) is 1.34. The van der Waals surface area contributed by atoms with Gasteiger partial charge in [-0.15, -0.1) is 0 Å². The van der Waals surface area contributed by atoms with Crippen molar-refractivity contribution >= 4 is 11.9 Å². The smallest absolute Gasteiger partial charge is 0.223 e. The summed E-state index contributed by atoms with van der Waals surface area (Å²) in [4.78, 5) is 22.7. The predicted molar refractivity (Wildman–Crippen MR) is 89.7 cm³/mol. The first-order valence-corrected chi connectivity index (χ1v) is 7.61. The van der Waals surface area contributed by atoms with E-state index in [2.05, 4.69) is 12.1 Å². The lowest BCUT2D eigenvalue weighted by Gasteiger charge is -2.26. The molecule has 0 N–H and O–H groups in total. The molecule has 1 amide bonds. The fourth-order valence-corrected chi connectivity index (χ4v) is 3.14. The highest BCUT2D eigenvalue weighted by Crippen LogP contribution is 2.37. The van der Waals surface area contributed by atoms with Gasteiger partial charge in [-0.25, -0.2) is 0 Å². The fourth-order valence-electron chi connectivity index (χ4n) is 3.14. The van der Waals surface area contributed by atoms with Crippen LogP contribution in [0.3, 0.4) is 0 Å². The highest BCUT2D eigenvalue weighted by atomic mass is 16.2. The van der Waals surface area contributed by atoms with Crippen LogP contribution in [0, 0.1) is 5.92 Å². The maximum Gasteiger partial charge on any atom is 0.223 e. The summed E-state index contributed by atoms with van der Waals surface area (Å²) >= 11 is 0. The van der Waals surface area contributed by atoms with E-state index in [9.17, 15) is 4.79 Å². The second-order valence-electron chi connectivity index (χ2n) is 6.25. The van der Waals surface area contributed by atoms with Crippen molar-refractivity contribution in [1.29, 1.82) is 0 Å². The van der Waals surface area contributed by atoms with E-state index >= 15 is 0 Å². The van der Waals surface area contributed by atoms with Gasteiger partial charge in [0.2, 0.25) is 5.91 Å². The first-order chi connectivity index (χ1) is 10.4. The Morgan fingerprint density at radius 1 is 1.18 bits per heavy atom. The Bertz CT molecular complexity index is 529. The molecule has 1 aromatic rings. The van der Waals surface area contributed by atoms with Gasteiger partial charge >= 0.3 is 0 Å². The van der Waals surface area contributed by atoms with Crippen molar-refractivity contribution in [2.24, 2.45) is 10.9 Å². The second kappa shape index (κ2) is 6.81. The Hall–Kier alpha value is -2.04. The number of benzene rings is 1. The van der Waals surface area contributed by atoms with E-state index in [1.54, 1.807) is 0 Å². The number of likely N-dealkylation sites (tertiary alicyclic amines) is 1. The van der Waals surface area contributed by atoms with Gasteiger partial charge in [0.25, 0.3) is 0 Å². The molecule has 120 valence electrons. The highest BCUT2D eigenvalue weighted by Gasteiger charge is 2.38. The second-order valence-corrected chi connectivity index (χ2v) is 6.25. The van der Waals surface area contributed by atoms with Crippen molar-refractivity contribution in [2.45, 2.75) is 12.5 Å². The van der Waals surface area contributed by atoms with Gasteiger partial charge in [-0.3, -0.25) is 9.79 Å². The molecule has 22 heavy (non-hydrogen) atoms. The van der Waals surface area contributed by atoms with Gasteiger partial charge < -0.3 is 14.7 Å². The number of nitrogens with zero attached hydrogens (tertiary/aromatic N) is 4. The Morgan fingerprint density at radius 3 is 2.32 bits per heavy atom. The number of hydrogen-bond acceptors (Lipinski definition) is 2. The van der Waals surface area contributed by atoms with E-state index in [4.69, 9.17) is 4.99 Å². The number of rotatable bonds is 3. The van der Waals surface area contributed by atoms with Gasteiger partial charge in [0.1, 0.15) is 0 Å². The van der Waals surface area contributed by atoms with Gasteiger partial charge in [0.15, 0.2) is 5.96 Å². The van der Waals surface area contributed by atoms with E-state index < -0.39 is 0 Å². The van der Waals surface area contributed by atoms with E-state index in [0.717, 1.165) is 5.96 Å². The van der Waals surface area contributed by atoms with Gasteiger partial charge in [0, 0.05) is 54.1 Å². The molecule has 1 aliphatic rings. The Morgan fingerprint density at radius 2 is 1.77 bits per heavy atom. The van der Waals surface area contributed by atoms with E-state index in [-0.39, 0.29) is 17.9 Å². The van der Waals surface area contributed by atoms with Crippen LogP contribution in [0.15, 0.2) is 35.3 Å². The minimum absolute atomic E-state index is 0.114.